The number of aliphatic hydroxyl groups is 2. The van der Waals surface area contributed by atoms with Gasteiger partial charge in [-0.15, -0.1) is 0 Å². The summed E-state index contributed by atoms with van der Waals surface area (Å²) >= 11 is 0. The van der Waals surface area contributed by atoms with Crippen molar-refractivity contribution < 1.29 is 24.5 Å². The van der Waals surface area contributed by atoms with Gasteiger partial charge in [-0.1, -0.05) is 42.5 Å². The van der Waals surface area contributed by atoms with Crippen molar-refractivity contribution in [1.29, 1.82) is 0 Å². The average Bonchev–Trinajstić information content (AvgIpc) is 2.61. The van der Waals surface area contributed by atoms with Crippen molar-refractivity contribution in [2.75, 3.05) is 26.4 Å². The van der Waals surface area contributed by atoms with E-state index in [1.54, 1.807) is 48.5 Å². The van der Waals surface area contributed by atoms with Gasteiger partial charge in [-0.2, -0.15) is 0 Å². The first-order valence-electron chi connectivity index (χ1n) is 7.41. The van der Waals surface area contributed by atoms with Gasteiger partial charge in [0, 0.05) is 5.56 Å². The van der Waals surface area contributed by atoms with E-state index >= 15 is 0 Å². The zero-order valence-electron chi connectivity index (χ0n) is 12.7. The number of ether oxygens (including phenoxy) is 2. The van der Waals surface area contributed by atoms with Crippen molar-refractivity contribution in [1.82, 2.24) is 0 Å². The summed E-state index contributed by atoms with van der Waals surface area (Å²) in [6, 6.07) is 15.9. The quantitative estimate of drug-likeness (QED) is 0.692. The van der Waals surface area contributed by atoms with Crippen LogP contribution in [-0.2, 0) is 4.74 Å². The van der Waals surface area contributed by atoms with Gasteiger partial charge in [0.15, 0.2) is 5.78 Å². The van der Waals surface area contributed by atoms with E-state index in [4.69, 9.17) is 19.7 Å². The van der Waals surface area contributed by atoms with Crippen molar-refractivity contribution in [2.45, 2.75) is 6.10 Å². The molecule has 2 aromatic carbocycles. The first-order chi connectivity index (χ1) is 11.3. The molecule has 0 fully saturated rings. The second kappa shape index (κ2) is 9.05. The molecule has 0 aliphatic heterocycles. The maximum absolute atomic E-state index is 12.7. The number of ketones is 1. The highest BCUT2D eigenvalue weighted by Gasteiger charge is 2.23. The van der Waals surface area contributed by atoms with Crippen LogP contribution in [0.4, 0.5) is 0 Å². The third-order valence-corrected chi connectivity index (χ3v) is 3.19. The van der Waals surface area contributed by atoms with Gasteiger partial charge in [0.1, 0.15) is 18.5 Å². The van der Waals surface area contributed by atoms with Crippen LogP contribution in [0, 0.1) is 0 Å². The minimum absolute atomic E-state index is 0.0605. The Morgan fingerprint density at radius 1 is 0.957 bits per heavy atom. The molecule has 0 saturated carbocycles. The lowest BCUT2D eigenvalue weighted by Gasteiger charge is -2.18. The molecule has 0 aliphatic carbocycles. The fourth-order valence-corrected chi connectivity index (χ4v) is 2.18. The molecule has 0 spiro atoms. The number of hydrogen-bond acceptors (Lipinski definition) is 5. The fourth-order valence-electron chi connectivity index (χ4n) is 2.18. The van der Waals surface area contributed by atoms with Crippen LogP contribution in [0.5, 0.6) is 5.75 Å². The number of rotatable bonds is 9. The summed E-state index contributed by atoms with van der Waals surface area (Å²) in [4.78, 5) is 12.7. The second-order valence-electron chi connectivity index (χ2n) is 4.85. The lowest BCUT2D eigenvalue weighted by atomic mass is 9.99. The highest BCUT2D eigenvalue weighted by atomic mass is 16.5. The third-order valence-electron chi connectivity index (χ3n) is 3.19. The summed E-state index contributed by atoms with van der Waals surface area (Å²) in [6.07, 6.45) is -0.817. The van der Waals surface area contributed by atoms with Crippen LogP contribution in [0.3, 0.4) is 0 Å². The highest BCUT2D eigenvalue weighted by Crippen LogP contribution is 2.25. The van der Waals surface area contributed by atoms with E-state index in [-0.39, 0.29) is 32.2 Å². The minimum atomic E-state index is -0.817. The largest absolute Gasteiger partial charge is 0.491 e. The Morgan fingerprint density at radius 3 is 2.39 bits per heavy atom. The van der Waals surface area contributed by atoms with E-state index in [0.29, 0.717) is 16.9 Å². The minimum Gasteiger partial charge on any atom is -0.491 e. The number of carbonyl (C=O) groups excluding carboxylic acids is 1. The zero-order chi connectivity index (χ0) is 16.5. The molecule has 0 amide bonds. The Kier molecular flexibility index (Phi) is 6.75. The molecule has 5 nitrogen and oxygen atoms in total. The molecule has 0 radical (unpaired) electrons. The predicted molar refractivity (Wildman–Crippen MR) is 85.6 cm³/mol. The molecule has 1 atom stereocenters. The van der Waals surface area contributed by atoms with E-state index in [9.17, 15) is 4.79 Å². The number of Topliss-reactive ketones (excluding diaryl/α,β-unsaturated/α-hetero) is 1. The monoisotopic (exact) mass is 316 g/mol. The molecule has 2 aromatic rings. The van der Waals surface area contributed by atoms with Gasteiger partial charge in [0.05, 0.1) is 19.8 Å². The lowest BCUT2D eigenvalue weighted by Crippen LogP contribution is -2.18. The SMILES string of the molecule is O=C(c1ccccc1)C(OCCO)c1cccc(OCCO)c1. The molecule has 0 bridgehead atoms. The first kappa shape index (κ1) is 17.1. The van der Waals surface area contributed by atoms with Crippen LogP contribution in [0.1, 0.15) is 22.0 Å². The fraction of sp³-hybridized carbons (Fsp3) is 0.278. The van der Waals surface area contributed by atoms with Gasteiger partial charge in [-0.3, -0.25) is 4.79 Å². The lowest BCUT2D eigenvalue weighted by molar-refractivity contribution is 0.0264. The van der Waals surface area contributed by atoms with Gasteiger partial charge >= 0.3 is 0 Å². The molecule has 2 N–H and O–H groups in total. The van der Waals surface area contributed by atoms with Gasteiger partial charge < -0.3 is 19.7 Å². The highest BCUT2D eigenvalue weighted by molar-refractivity contribution is 6.00. The van der Waals surface area contributed by atoms with E-state index in [1.165, 1.54) is 0 Å². The van der Waals surface area contributed by atoms with Crippen molar-refractivity contribution in [3.05, 3.63) is 65.7 Å². The van der Waals surface area contributed by atoms with Gasteiger partial charge in [-0.05, 0) is 17.7 Å². The summed E-state index contributed by atoms with van der Waals surface area (Å²) in [5.41, 5.74) is 1.18. The molecule has 23 heavy (non-hydrogen) atoms. The second-order valence-corrected chi connectivity index (χ2v) is 4.85. The number of benzene rings is 2. The van der Waals surface area contributed by atoms with Crippen LogP contribution >= 0.6 is 0 Å². The summed E-state index contributed by atoms with van der Waals surface area (Å²) in [5.74, 6) is 0.369. The van der Waals surface area contributed by atoms with Crippen molar-refractivity contribution in [2.24, 2.45) is 0 Å². The summed E-state index contributed by atoms with van der Waals surface area (Å²) < 4.78 is 10.9. The van der Waals surface area contributed by atoms with E-state index in [0.717, 1.165) is 0 Å². The molecule has 1 unspecified atom stereocenters. The molecule has 122 valence electrons. The number of carbonyl (C=O) groups is 1. The van der Waals surface area contributed by atoms with Crippen LogP contribution < -0.4 is 4.74 Å². The Balaban J connectivity index is 2.25. The first-order valence-corrected chi connectivity index (χ1v) is 7.41. The average molecular weight is 316 g/mol. The Hall–Kier alpha value is -2.21. The number of aliphatic hydroxyl groups excluding tert-OH is 2. The molecule has 0 aliphatic rings. The van der Waals surface area contributed by atoms with Gasteiger partial charge in [0.2, 0.25) is 0 Å². The molecule has 0 saturated heterocycles. The van der Waals surface area contributed by atoms with Crippen LogP contribution in [-0.4, -0.2) is 42.4 Å². The number of hydrogen-bond donors (Lipinski definition) is 2. The van der Waals surface area contributed by atoms with E-state index in [1.807, 2.05) is 6.07 Å². The summed E-state index contributed by atoms with van der Waals surface area (Å²) in [6.45, 7) is -0.0138. The van der Waals surface area contributed by atoms with Crippen molar-refractivity contribution in [3.63, 3.8) is 0 Å². The van der Waals surface area contributed by atoms with Crippen LogP contribution in [0.25, 0.3) is 0 Å². The summed E-state index contributed by atoms with van der Waals surface area (Å²) in [7, 11) is 0. The molecule has 0 heterocycles. The zero-order valence-corrected chi connectivity index (χ0v) is 12.7. The molecular weight excluding hydrogens is 296 g/mol. The Bertz CT molecular complexity index is 612. The summed E-state index contributed by atoms with van der Waals surface area (Å²) in [5, 5.41) is 17.8. The predicted octanol–water partition coefficient (Wildman–Crippen LogP) is 1.99. The normalized spacial score (nSPS) is 11.9. The maximum Gasteiger partial charge on any atom is 0.196 e. The Labute approximate surface area is 135 Å². The molecule has 2 rings (SSSR count). The topological polar surface area (TPSA) is 76.0 Å². The van der Waals surface area contributed by atoms with Crippen molar-refractivity contribution >= 4 is 5.78 Å². The molecule has 5 heteroatoms. The third kappa shape index (κ3) is 4.89. The van der Waals surface area contributed by atoms with Gasteiger partial charge in [-0.25, -0.2) is 0 Å². The van der Waals surface area contributed by atoms with Crippen molar-refractivity contribution in [3.8, 4) is 5.75 Å². The van der Waals surface area contributed by atoms with Gasteiger partial charge in [0.25, 0.3) is 0 Å². The molecular formula is C18H20O5. The maximum atomic E-state index is 12.7. The van der Waals surface area contributed by atoms with Crippen LogP contribution in [0.2, 0.25) is 0 Å². The van der Waals surface area contributed by atoms with E-state index < -0.39 is 6.10 Å². The molecule has 0 aromatic heterocycles. The smallest absolute Gasteiger partial charge is 0.196 e. The standard InChI is InChI=1S/C18H20O5/c19-9-11-22-16-8-4-7-15(13-16)18(23-12-10-20)17(21)14-5-2-1-3-6-14/h1-8,13,18-20H,9-12H2. The van der Waals surface area contributed by atoms with Crippen LogP contribution in [0.15, 0.2) is 54.6 Å². The van der Waals surface area contributed by atoms with E-state index in [2.05, 4.69) is 0 Å². The Morgan fingerprint density at radius 2 is 1.70 bits per heavy atom.